The van der Waals surface area contributed by atoms with Crippen LogP contribution in [0.4, 0.5) is 0 Å². The lowest BCUT2D eigenvalue weighted by atomic mass is 10.1. The lowest BCUT2D eigenvalue weighted by Gasteiger charge is -2.10. The highest BCUT2D eigenvalue weighted by molar-refractivity contribution is 5.82. The van der Waals surface area contributed by atoms with Gasteiger partial charge in [-0.15, -0.1) is 0 Å². The molecule has 1 aliphatic heterocycles. The number of carbonyl (C=O) groups excluding carboxylic acids is 2. The van der Waals surface area contributed by atoms with Gasteiger partial charge in [0.05, 0.1) is 12.2 Å². The Bertz CT molecular complexity index is 596. The number of esters is 1. The first-order chi connectivity index (χ1) is 13.6. The number of ketones is 1. The van der Waals surface area contributed by atoms with Crippen molar-refractivity contribution in [2.24, 2.45) is 0 Å². The van der Waals surface area contributed by atoms with Crippen molar-refractivity contribution >= 4 is 11.8 Å². The fourth-order valence-corrected chi connectivity index (χ4v) is 2.72. The van der Waals surface area contributed by atoms with Gasteiger partial charge in [-0.3, -0.25) is 4.79 Å². The lowest BCUT2D eigenvalue weighted by molar-refractivity contribution is -0.142. The third-order valence-corrected chi connectivity index (χ3v) is 4.32. The minimum Gasteiger partial charge on any atom is -0.460 e. The van der Waals surface area contributed by atoms with Crippen LogP contribution in [0, 0.1) is 0 Å². The van der Waals surface area contributed by atoms with Crippen molar-refractivity contribution in [3.8, 4) is 0 Å². The van der Waals surface area contributed by atoms with Crippen LogP contribution < -0.4 is 0 Å². The van der Waals surface area contributed by atoms with E-state index >= 15 is 0 Å². The predicted octanol–water partition coefficient (Wildman–Crippen LogP) is 5.15. The zero-order valence-corrected chi connectivity index (χ0v) is 17.0. The molecule has 4 heteroatoms. The first-order valence-corrected chi connectivity index (χ1v) is 10.3. The third kappa shape index (κ3) is 13.9. The molecule has 0 amide bonds. The number of cyclic esters (lactones) is 1. The van der Waals surface area contributed by atoms with Gasteiger partial charge in [-0.05, 0) is 51.9 Å². The molecular weight excluding hydrogens is 352 g/mol. The fourth-order valence-electron chi connectivity index (χ4n) is 2.72. The van der Waals surface area contributed by atoms with E-state index in [0.29, 0.717) is 25.0 Å². The summed E-state index contributed by atoms with van der Waals surface area (Å²) in [6, 6.07) is 0. The Morgan fingerprint density at radius 2 is 1.64 bits per heavy atom. The minimum atomic E-state index is -0.568. The highest BCUT2D eigenvalue weighted by atomic mass is 16.5. The standard InChI is InChI=1S/C24H34O4/c1-21-15-9-4-2-5-10-16-22(25)17-11-6-3-7-12-18-23(26)19-13-8-14-20-24(27)28-21/h2-3,5,7-8,12-14,18,20-21,23,26H,4,6,9-11,15-17,19H2,1H3/t21?,23-/m1/s1. The summed E-state index contributed by atoms with van der Waals surface area (Å²) < 4.78 is 5.33. The van der Waals surface area contributed by atoms with E-state index in [4.69, 9.17) is 4.74 Å². The van der Waals surface area contributed by atoms with Crippen molar-refractivity contribution in [1.29, 1.82) is 0 Å². The van der Waals surface area contributed by atoms with Gasteiger partial charge in [0.2, 0.25) is 0 Å². The van der Waals surface area contributed by atoms with E-state index in [1.165, 1.54) is 6.08 Å². The summed E-state index contributed by atoms with van der Waals surface area (Å²) in [7, 11) is 0. The SMILES string of the molecule is CC1CCCC=CCCC(=O)CCCC=CC=C[C@@H](O)CC=CC=CC(=O)O1. The van der Waals surface area contributed by atoms with E-state index in [1.54, 1.807) is 18.2 Å². The van der Waals surface area contributed by atoms with Gasteiger partial charge in [-0.25, -0.2) is 4.79 Å². The van der Waals surface area contributed by atoms with E-state index < -0.39 is 6.10 Å². The number of rotatable bonds is 0. The maximum absolute atomic E-state index is 11.8. The van der Waals surface area contributed by atoms with E-state index in [2.05, 4.69) is 12.2 Å². The Morgan fingerprint density at radius 1 is 0.893 bits per heavy atom. The molecule has 4 nitrogen and oxygen atoms in total. The number of hydrogen-bond donors (Lipinski definition) is 1. The molecule has 28 heavy (non-hydrogen) atoms. The number of aliphatic hydroxyl groups excluding tert-OH is 1. The van der Waals surface area contributed by atoms with Crippen LogP contribution in [0.5, 0.6) is 0 Å². The van der Waals surface area contributed by atoms with Crippen LogP contribution in [-0.2, 0) is 14.3 Å². The molecular formula is C24H34O4. The topological polar surface area (TPSA) is 63.6 Å². The van der Waals surface area contributed by atoms with Crippen molar-refractivity contribution in [2.75, 3.05) is 0 Å². The molecule has 0 saturated carbocycles. The molecule has 0 aromatic rings. The Labute approximate surface area is 169 Å². The zero-order chi connectivity index (χ0) is 20.5. The second-order valence-electron chi connectivity index (χ2n) is 7.02. The Morgan fingerprint density at radius 3 is 2.50 bits per heavy atom. The van der Waals surface area contributed by atoms with Gasteiger partial charge in [0, 0.05) is 18.9 Å². The molecule has 1 unspecified atom stereocenters. The van der Waals surface area contributed by atoms with Crippen molar-refractivity contribution in [3.63, 3.8) is 0 Å². The van der Waals surface area contributed by atoms with Gasteiger partial charge < -0.3 is 9.84 Å². The summed E-state index contributed by atoms with van der Waals surface area (Å²) in [6.45, 7) is 1.89. The van der Waals surface area contributed by atoms with E-state index in [9.17, 15) is 14.7 Å². The number of hydrogen-bond acceptors (Lipinski definition) is 4. The van der Waals surface area contributed by atoms with Gasteiger partial charge in [0.25, 0.3) is 0 Å². The van der Waals surface area contributed by atoms with Gasteiger partial charge in [0.1, 0.15) is 5.78 Å². The third-order valence-electron chi connectivity index (χ3n) is 4.32. The molecule has 154 valence electrons. The summed E-state index contributed by atoms with van der Waals surface area (Å²) >= 11 is 0. The monoisotopic (exact) mass is 386 g/mol. The fraction of sp³-hybridized carbons (Fsp3) is 0.500. The van der Waals surface area contributed by atoms with Crippen LogP contribution in [0.2, 0.25) is 0 Å². The second kappa shape index (κ2) is 15.8. The molecule has 0 radical (unpaired) electrons. The van der Waals surface area contributed by atoms with Gasteiger partial charge >= 0.3 is 5.97 Å². The summed E-state index contributed by atoms with van der Waals surface area (Å²) in [5.41, 5.74) is 0. The highest BCUT2D eigenvalue weighted by Crippen LogP contribution is 2.08. The van der Waals surface area contributed by atoms with Crippen molar-refractivity contribution in [1.82, 2.24) is 0 Å². The number of aliphatic hydroxyl groups is 1. The summed E-state index contributed by atoms with van der Waals surface area (Å²) in [6.07, 6.45) is 24.4. The van der Waals surface area contributed by atoms with Crippen LogP contribution in [-0.4, -0.2) is 29.1 Å². The van der Waals surface area contributed by atoms with Gasteiger partial charge in [-0.1, -0.05) is 54.7 Å². The Hall–Kier alpha value is -2.20. The van der Waals surface area contributed by atoms with Gasteiger partial charge in [0.15, 0.2) is 0 Å². The molecule has 2 atom stereocenters. The van der Waals surface area contributed by atoms with Crippen LogP contribution in [0.25, 0.3) is 0 Å². The lowest BCUT2D eigenvalue weighted by Crippen LogP contribution is -2.12. The van der Waals surface area contributed by atoms with Crippen LogP contribution in [0.15, 0.2) is 60.8 Å². The summed E-state index contributed by atoms with van der Waals surface area (Å²) in [5, 5.41) is 9.86. The molecule has 0 aromatic heterocycles. The molecule has 1 heterocycles. The van der Waals surface area contributed by atoms with Crippen molar-refractivity contribution in [3.05, 3.63) is 60.8 Å². The average molecular weight is 387 g/mol. The van der Waals surface area contributed by atoms with Crippen molar-refractivity contribution < 1.29 is 19.4 Å². The maximum Gasteiger partial charge on any atom is 0.331 e. The number of carbonyl (C=O) groups is 2. The van der Waals surface area contributed by atoms with E-state index in [-0.39, 0.29) is 12.1 Å². The van der Waals surface area contributed by atoms with E-state index in [0.717, 1.165) is 38.5 Å². The van der Waals surface area contributed by atoms with Crippen LogP contribution in [0.1, 0.15) is 64.7 Å². The second-order valence-corrected chi connectivity index (χ2v) is 7.02. The Kier molecular flexibility index (Phi) is 13.5. The van der Waals surface area contributed by atoms with E-state index in [1.807, 2.05) is 31.2 Å². The minimum absolute atomic E-state index is 0.123. The quantitative estimate of drug-likeness (QED) is 0.462. The maximum atomic E-state index is 11.8. The molecule has 0 fully saturated rings. The molecule has 0 aromatic carbocycles. The van der Waals surface area contributed by atoms with Crippen LogP contribution in [0.3, 0.4) is 0 Å². The number of Topliss-reactive ketones (excluding diaryl/α,β-unsaturated/α-hetero) is 1. The highest BCUT2D eigenvalue weighted by Gasteiger charge is 2.05. The summed E-state index contributed by atoms with van der Waals surface area (Å²) in [4.78, 5) is 23.6. The molecule has 1 N–H and O–H groups in total. The molecule has 1 aliphatic rings. The number of ether oxygens (including phenoxy) is 1. The Balaban J connectivity index is 2.55. The van der Waals surface area contributed by atoms with Crippen molar-refractivity contribution in [2.45, 2.75) is 76.9 Å². The largest absolute Gasteiger partial charge is 0.460 e. The smallest absolute Gasteiger partial charge is 0.331 e. The molecule has 0 saturated heterocycles. The van der Waals surface area contributed by atoms with Crippen LogP contribution >= 0.6 is 0 Å². The normalized spacial score (nSPS) is 24.6. The first kappa shape index (κ1) is 23.8. The van der Waals surface area contributed by atoms with Gasteiger partial charge in [-0.2, -0.15) is 0 Å². The number of allylic oxidation sites excluding steroid dienone is 7. The molecule has 0 spiro atoms. The predicted molar refractivity (Wildman–Crippen MR) is 114 cm³/mol. The average Bonchev–Trinajstić information content (AvgIpc) is 2.65. The zero-order valence-electron chi connectivity index (χ0n) is 17.0. The summed E-state index contributed by atoms with van der Waals surface area (Å²) in [5.74, 6) is -0.0508. The molecule has 0 bridgehead atoms. The first-order valence-electron chi connectivity index (χ1n) is 10.3. The molecule has 0 aliphatic carbocycles. The molecule has 1 rings (SSSR count).